The second kappa shape index (κ2) is 6.40. The minimum absolute atomic E-state index is 0.0490. The molecule has 1 atom stereocenters. The summed E-state index contributed by atoms with van der Waals surface area (Å²) in [6, 6.07) is 6.24. The molecule has 1 aromatic rings. The Balaban J connectivity index is 2.76. The summed E-state index contributed by atoms with van der Waals surface area (Å²) in [5.74, 6) is 0.430. The summed E-state index contributed by atoms with van der Waals surface area (Å²) in [6.07, 6.45) is -2.05. The Bertz CT molecular complexity index is 409. The Morgan fingerprint density at radius 3 is 3.27 bits per heavy atom. The van der Waals surface area contributed by atoms with Crippen LogP contribution in [0.3, 0.4) is 0 Å². The van der Waals surface area contributed by atoms with Crippen LogP contribution in [0.1, 0.15) is 17.1 Å². The maximum absolute atomic E-state index is 9.97. The molecule has 0 spiro atoms. The molecule has 4 heteroatoms. The van der Waals surface area contributed by atoms with E-state index in [0.717, 1.165) is 0 Å². The molecule has 0 fully saturated rings. The number of hydrogen-bond acceptors (Lipinski definition) is 4. The van der Waals surface area contributed by atoms with Crippen molar-refractivity contribution in [3.05, 3.63) is 29.8 Å². The number of nitrogens with one attached hydrogen (secondary N) is 1. The summed E-state index contributed by atoms with van der Waals surface area (Å²) in [7, 11) is 1.48. The summed E-state index contributed by atoms with van der Waals surface area (Å²) in [6.45, 7) is -2.77. The van der Waals surface area contributed by atoms with Crippen molar-refractivity contribution in [3.8, 4) is 5.75 Å². The summed E-state index contributed by atoms with van der Waals surface area (Å²) in [5.41, 5.74) is 0.234. The van der Waals surface area contributed by atoms with E-state index in [1.54, 1.807) is 12.1 Å². The second-order valence-corrected chi connectivity index (χ2v) is 2.88. The molecular weight excluding hydrogens is 194 g/mol. The van der Waals surface area contributed by atoms with E-state index in [0.29, 0.717) is 5.75 Å². The number of ether oxygens (including phenoxy) is 2. The number of likely N-dealkylation sites (N-methyl/N-ethyl adjacent to an activating group) is 1. The zero-order valence-corrected chi connectivity index (χ0v) is 8.49. The van der Waals surface area contributed by atoms with E-state index in [9.17, 15) is 5.11 Å². The molecule has 84 valence electrons. The van der Waals surface area contributed by atoms with Crippen molar-refractivity contribution in [2.75, 3.05) is 27.4 Å². The van der Waals surface area contributed by atoms with Gasteiger partial charge in [-0.15, -0.1) is 0 Å². The van der Waals surface area contributed by atoms with Crippen molar-refractivity contribution >= 4 is 0 Å². The molecule has 0 saturated heterocycles. The molecule has 0 aliphatic heterocycles. The zero-order chi connectivity index (χ0) is 14.5. The van der Waals surface area contributed by atoms with Crippen LogP contribution in [-0.2, 0) is 4.74 Å². The smallest absolute Gasteiger partial charge is 0.188 e. The van der Waals surface area contributed by atoms with Gasteiger partial charge in [-0.25, -0.2) is 0 Å². The highest BCUT2D eigenvalue weighted by molar-refractivity contribution is 5.29. The van der Waals surface area contributed by atoms with Gasteiger partial charge in [-0.1, -0.05) is 12.1 Å². The summed E-state index contributed by atoms with van der Waals surface area (Å²) in [5, 5.41) is 12.1. The van der Waals surface area contributed by atoms with Crippen molar-refractivity contribution < 1.29 is 20.1 Å². The van der Waals surface area contributed by atoms with Crippen LogP contribution in [0.2, 0.25) is 0 Å². The molecule has 1 rings (SSSR count). The molecular formula is C11H17NO3. The minimum Gasteiger partial charge on any atom is -0.468 e. The third-order valence-electron chi connectivity index (χ3n) is 1.77. The number of methoxy groups -OCH3 is 1. The fourth-order valence-corrected chi connectivity index (χ4v) is 1.08. The largest absolute Gasteiger partial charge is 0.468 e. The summed E-state index contributed by atoms with van der Waals surface area (Å²) >= 11 is 0. The van der Waals surface area contributed by atoms with Gasteiger partial charge in [0.1, 0.15) is 5.75 Å². The molecule has 1 aromatic carbocycles. The molecule has 0 aliphatic carbocycles. The van der Waals surface area contributed by atoms with Gasteiger partial charge in [-0.2, -0.15) is 0 Å². The first-order valence-electron chi connectivity index (χ1n) is 6.44. The Hall–Kier alpha value is -1.10. The van der Waals surface area contributed by atoms with Gasteiger partial charge in [-0.3, -0.25) is 0 Å². The van der Waals surface area contributed by atoms with E-state index >= 15 is 0 Å². The van der Waals surface area contributed by atoms with E-state index in [1.165, 1.54) is 19.2 Å². The van der Waals surface area contributed by atoms with Crippen LogP contribution < -0.4 is 10.1 Å². The quantitative estimate of drug-likeness (QED) is 0.693. The average molecular weight is 215 g/mol. The van der Waals surface area contributed by atoms with Crippen LogP contribution in [0.5, 0.6) is 5.75 Å². The maximum atomic E-state index is 9.97. The van der Waals surface area contributed by atoms with Crippen LogP contribution in [0.4, 0.5) is 0 Å². The van der Waals surface area contributed by atoms with Crippen LogP contribution in [0.25, 0.3) is 0 Å². The van der Waals surface area contributed by atoms with E-state index < -0.39 is 19.6 Å². The average Bonchev–Trinajstić information content (AvgIpc) is 2.34. The van der Waals surface area contributed by atoms with Crippen LogP contribution in [0.15, 0.2) is 24.3 Å². The van der Waals surface area contributed by atoms with Crippen LogP contribution >= 0.6 is 0 Å². The highest BCUT2D eigenvalue weighted by atomic mass is 16.7. The zero-order valence-electron chi connectivity index (χ0n) is 12.5. The first kappa shape index (κ1) is 7.22. The van der Waals surface area contributed by atoms with E-state index in [4.69, 9.17) is 15.0 Å². The number of hydrogen-bond donors (Lipinski definition) is 2. The second-order valence-electron chi connectivity index (χ2n) is 2.88. The molecule has 0 aromatic heterocycles. The summed E-state index contributed by atoms with van der Waals surface area (Å²) in [4.78, 5) is 0. The first-order chi connectivity index (χ1) is 8.74. The number of rotatable bonds is 6. The van der Waals surface area contributed by atoms with Gasteiger partial charge in [0.2, 0.25) is 0 Å². The number of benzene rings is 1. The van der Waals surface area contributed by atoms with Gasteiger partial charge in [0.15, 0.2) is 6.79 Å². The molecule has 0 bridgehead atoms. The topological polar surface area (TPSA) is 50.7 Å². The van der Waals surface area contributed by atoms with E-state index in [1.807, 2.05) is 0 Å². The lowest BCUT2D eigenvalue weighted by molar-refractivity contribution is 0.0508. The van der Waals surface area contributed by atoms with Crippen molar-refractivity contribution in [1.29, 1.82) is 0 Å². The minimum atomic E-state index is -2.40. The normalized spacial score (nSPS) is 19.3. The summed E-state index contributed by atoms with van der Waals surface area (Å²) < 4.78 is 38.7. The standard InChI is InChI=1S/C11H17NO3/c1-12-7-11(13)9-4-3-5-10(6-9)15-8-14-2/h3-6,11-13H,7-8H2,1-2H3/i1D3,11D. The molecule has 1 unspecified atom stereocenters. The molecule has 4 nitrogen and oxygen atoms in total. The fraction of sp³-hybridized carbons (Fsp3) is 0.455. The highest BCUT2D eigenvalue weighted by Gasteiger charge is 2.06. The lowest BCUT2D eigenvalue weighted by atomic mass is 10.1. The van der Waals surface area contributed by atoms with Crippen LogP contribution in [0, 0.1) is 0 Å². The fourth-order valence-electron chi connectivity index (χ4n) is 1.08. The third kappa shape index (κ3) is 3.87. The van der Waals surface area contributed by atoms with Gasteiger partial charge in [0.25, 0.3) is 0 Å². The van der Waals surface area contributed by atoms with Gasteiger partial charge in [0, 0.05) is 17.8 Å². The highest BCUT2D eigenvalue weighted by Crippen LogP contribution is 2.18. The van der Waals surface area contributed by atoms with Crippen molar-refractivity contribution in [3.63, 3.8) is 0 Å². The van der Waals surface area contributed by atoms with E-state index in [-0.39, 0.29) is 12.4 Å². The Morgan fingerprint density at radius 2 is 2.53 bits per heavy atom. The molecule has 0 saturated carbocycles. The molecule has 15 heavy (non-hydrogen) atoms. The first-order valence-corrected chi connectivity index (χ1v) is 4.44. The van der Waals surface area contributed by atoms with Gasteiger partial charge < -0.3 is 19.9 Å². The van der Waals surface area contributed by atoms with Crippen molar-refractivity contribution in [2.24, 2.45) is 0 Å². The van der Waals surface area contributed by atoms with Gasteiger partial charge in [0.05, 0.1) is 7.45 Å². The van der Waals surface area contributed by atoms with Gasteiger partial charge >= 0.3 is 0 Å². The van der Waals surface area contributed by atoms with Crippen LogP contribution in [-0.4, -0.2) is 32.5 Å². The number of aliphatic hydroxyl groups is 1. The van der Waals surface area contributed by atoms with E-state index in [2.05, 4.69) is 5.32 Å². The molecule has 0 amide bonds. The third-order valence-corrected chi connectivity index (χ3v) is 1.77. The maximum Gasteiger partial charge on any atom is 0.188 e. The lowest BCUT2D eigenvalue weighted by Crippen LogP contribution is -2.16. The molecule has 0 heterocycles. The Labute approximate surface area is 95.4 Å². The SMILES string of the molecule is [2H]C([2H])([2H])NCC([2H])(O)c1cccc(OCOC)c1. The Kier molecular flexibility index (Phi) is 3.08. The van der Waals surface area contributed by atoms with Crippen molar-refractivity contribution in [2.45, 2.75) is 6.08 Å². The molecule has 0 aliphatic rings. The van der Waals surface area contributed by atoms with Crippen molar-refractivity contribution in [1.82, 2.24) is 5.32 Å². The molecule has 0 radical (unpaired) electrons. The lowest BCUT2D eigenvalue weighted by Gasteiger charge is -2.12. The Morgan fingerprint density at radius 1 is 1.67 bits per heavy atom. The monoisotopic (exact) mass is 215 g/mol. The predicted octanol–water partition coefficient (Wildman–Crippen LogP) is 0.922. The predicted molar refractivity (Wildman–Crippen MR) is 57.8 cm³/mol. The molecule has 2 N–H and O–H groups in total. The van der Waals surface area contributed by atoms with Gasteiger partial charge in [-0.05, 0) is 24.7 Å².